The van der Waals surface area contributed by atoms with Crippen LogP contribution in [-0.2, 0) is 11.3 Å². The molecule has 0 aliphatic heterocycles. The van der Waals surface area contributed by atoms with Crippen LogP contribution in [0.5, 0.6) is 5.75 Å². The molecule has 7 heteroatoms. The van der Waals surface area contributed by atoms with E-state index in [4.69, 9.17) is 9.84 Å². The quantitative estimate of drug-likeness (QED) is 0.807. The third-order valence-corrected chi connectivity index (χ3v) is 2.74. The molecule has 0 saturated carbocycles. The molecule has 0 radical (unpaired) electrons. The molecule has 3 N–H and O–H groups in total. The van der Waals surface area contributed by atoms with E-state index in [0.717, 1.165) is 17.7 Å². The molecular weight excluding hydrogens is 293 g/mol. The Kier molecular flexibility index (Phi) is 4.57. The van der Waals surface area contributed by atoms with E-state index in [1.165, 1.54) is 0 Å². The normalized spacial score (nSPS) is 10.0. The van der Waals surface area contributed by atoms with Crippen molar-refractivity contribution in [3.05, 3.63) is 59.4 Å². The molecule has 2 aromatic carbocycles. The number of ether oxygens (including phenoxy) is 1. The number of hydrogen-bond acceptors (Lipinski definition) is 4. The minimum absolute atomic E-state index is 0.0195. The van der Waals surface area contributed by atoms with Crippen molar-refractivity contribution in [1.29, 1.82) is 0 Å². The van der Waals surface area contributed by atoms with Crippen molar-refractivity contribution in [2.24, 2.45) is 0 Å². The van der Waals surface area contributed by atoms with Gasteiger partial charge in [0.1, 0.15) is 12.2 Å². The van der Waals surface area contributed by atoms with Crippen LogP contribution in [0.3, 0.4) is 0 Å². The highest BCUT2D eigenvalue weighted by Crippen LogP contribution is 2.25. The molecule has 0 aromatic heterocycles. The van der Waals surface area contributed by atoms with Crippen LogP contribution in [0.2, 0.25) is 0 Å². The first-order valence-electron chi connectivity index (χ1n) is 6.21. The molecule has 0 bridgehead atoms. The van der Waals surface area contributed by atoms with Gasteiger partial charge in [0, 0.05) is 11.8 Å². The van der Waals surface area contributed by atoms with Gasteiger partial charge in [-0.25, -0.2) is 14.0 Å². The summed E-state index contributed by atoms with van der Waals surface area (Å²) in [5.41, 5.74) is -0.0708. The van der Waals surface area contributed by atoms with Crippen LogP contribution in [0.15, 0.2) is 42.5 Å². The number of carboxylic acids is 1. The van der Waals surface area contributed by atoms with Crippen LogP contribution in [0.4, 0.5) is 14.9 Å². The fraction of sp³-hybridized carbons (Fsp3) is 0.0667. The van der Waals surface area contributed by atoms with Crippen LogP contribution in [-0.4, -0.2) is 22.3 Å². The zero-order chi connectivity index (χ0) is 16.1. The Morgan fingerprint density at radius 1 is 1.18 bits per heavy atom. The van der Waals surface area contributed by atoms with Crippen molar-refractivity contribution in [2.45, 2.75) is 6.61 Å². The summed E-state index contributed by atoms with van der Waals surface area (Å²) in [6.07, 6.45) is -0.855. The van der Waals surface area contributed by atoms with Gasteiger partial charge in [-0.2, -0.15) is 0 Å². The van der Waals surface area contributed by atoms with E-state index < -0.39 is 29.2 Å². The third kappa shape index (κ3) is 3.72. The van der Waals surface area contributed by atoms with E-state index >= 15 is 0 Å². The summed E-state index contributed by atoms with van der Waals surface area (Å²) >= 11 is 0. The summed E-state index contributed by atoms with van der Waals surface area (Å²) in [6, 6.07) is 10.7. The van der Waals surface area contributed by atoms with E-state index in [1.54, 1.807) is 24.3 Å². The van der Waals surface area contributed by atoms with E-state index in [0.29, 0.717) is 0 Å². The van der Waals surface area contributed by atoms with Crippen molar-refractivity contribution in [3.8, 4) is 5.75 Å². The molecule has 0 unspecified atom stereocenters. The Labute approximate surface area is 124 Å². The highest BCUT2D eigenvalue weighted by molar-refractivity contribution is 5.92. The Balaban J connectivity index is 2.04. The summed E-state index contributed by atoms with van der Waals surface area (Å²) in [4.78, 5) is 22.4. The zero-order valence-corrected chi connectivity index (χ0v) is 11.2. The van der Waals surface area contributed by atoms with Gasteiger partial charge in [-0.3, -0.25) is 5.32 Å². The van der Waals surface area contributed by atoms with Crippen molar-refractivity contribution < 1.29 is 28.9 Å². The second-order valence-corrected chi connectivity index (χ2v) is 4.35. The van der Waals surface area contributed by atoms with Gasteiger partial charge in [0.25, 0.3) is 0 Å². The highest BCUT2D eigenvalue weighted by atomic mass is 19.1. The molecule has 1 amide bonds. The molecule has 0 aliphatic carbocycles. The summed E-state index contributed by atoms with van der Waals surface area (Å²) < 4.78 is 18.3. The third-order valence-electron chi connectivity index (χ3n) is 2.74. The summed E-state index contributed by atoms with van der Waals surface area (Å²) in [5.74, 6) is -3.71. The average Bonchev–Trinajstić information content (AvgIpc) is 2.49. The summed E-state index contributed by atoms with van der Waals surface area (Å²) in [6.45, 7) is 0.0195. The topological polar surface area (TPSA) is 95.9 Å². The van der Waals surface area contributed by atoms with Crippen LogP contribution in [0.25, 0.3) is 0 Å². The minimum Gasteiger partial charge on any atom is -0.505 e. The number of amides is 1. The molecular formula is C15H12FNO5. The predicted octanol–water partition coefficient (Wildman–Crippen LogP) is 2.98. The van der Waals surface area contributed by atoms with E-state index in [1.807, 2.05) is 6.07 Å². The molecule has 0 saturated heterocycles. The minimum atomic E-state index is -1.56. The largest absolute Gasteiger partial charge is 0.505 e. The van der Waals surface area contributed by atoms with Crippen molar-refractivity contribution in [2.75, 3.05) is 5.32 Å². The number of hydrogen-bond donors (Lipinski definition) is 3. The molecule has 0 heterocycles. The maximum atomic E-state index is 13.4. The van der Waals surface area contributed by atoms with Gasteiger partial charge in [-0.15, -0.1) is 0 Å². The number of phenolic OH excluding ortho intramolecular Hbond substituents is 1. The van der Waals surface area contributed by atoms with Crippen LogP contribution >= 0.6 is 0 Å². The molecule has 2 rings (SSSR count). The number of benzene rings is 2. The van der Waals surface area contributed by atoms with Crippen LogP contribution < -0.4 is 5.32 Å². The number of carbonyl (C=O) groups excluding carboxylic acids is 1. The summed E-state index contributed by atoms with van der Waals surface area (Å²) in [5, 5.41) is 20.4. The monoisotopic (exact) mass is 305 g/mol. The molecule has 114 valence electrons. The Morgan fingerprint density at radius 2 is 1.86 bits per heavy atom. The smallest absolute Gasteiger partial charge is 0.411 e. The van der Waals surface area contributed by atoms with Gasteiger partial charge >= 0.3 is 12.1 Å². The fourth-order valence-electron chi connectivity index (χ4n) is 1.71. The lowest BCUT2D eigenvalue weighted by Crippen LogP contribution is -2.14. The number of nitrogens with one attached hydrogen (secondary N) is 1. The lowest BCUT2D eigenvalue weighted by atomic mass is 10.1. The zero-order valence-electron chi connectivity index (χ0n) is 11.2. The molecule has 2 aromatic rings. The first-order chi connectivity index (χ1) is 10.5. The second kappa shape index (κ2) is 6.57. The lowest BCUT2D eigenvalue weighted by Gasteiger charge is -2.09. The maximum absolute atomic E-state index is 13.4. The van der Waals surface area contributed by atoms with Gasteiger partial charge < -0.3 is 14.9 Å². The standard InChI is InChI=1S/C15H12FNO5/c16-13-11(14(19)20)6-10(7-12(13)18)17-15(21)22-8-9-4-2-1-3-5-9/h1-7,18H,8H2,(H,17,21)(H,19,20). The Bertz CT molecular complexity index is 703. The number of carboxylic acid groups (broad SMARTS) is 1. The van der Waals surface area contributed by atoms with Crippen molar-refractivity contribution in [3.63, 3.8) is 0 Å². The first-order valence-corrected chi connectivity index (χ1v) is 6.21. The van der Waals surface area contributed by atoms with E-state index in [-0.39, 0.29) is 12.3 Å². The Hall–Kier alpha value is -3.09. The fourth-order valence-corrected chi connectivity index (χ4v) is 1.71. The van der Waals surface area contributed by atoms with Crippen LogP contribution in [0.1, 0.15) is 15.9 Å². The molecule has 6 nitrogen and oxygen atoms in total. The average molecular weight is 305 g/mol. The highest BCUT2D eigenvalue weighted by Gasteiger charge is 2.17. The van der Waals surface area contributed by atoms with Crippen LogP contribution in [0, 0.1) is 5.82 Å². The van der Waals surface area contributed by atoms with Crippen molar-refractivity contribution in [1.82, 2.24) is 0 Å². The molecule has 0 aliphatic rings. The number of anilines is 1. The number of halogens is 1. The second-order valence-electron chi connectivity index (χ2n) is 4.35. The number of aromatic carboxylic acids is 1. The van der Waals surface area contributed by atoms with Gasteiger partial charge in [-0.05, 0) is 11.6 Å². The lowest BCUT2D eigenvalue weighted by molar-refractivity contribution is 0.0690. The predicted molar refractivity (Wildman–Crippen MR) is 75.3 cm³/mol. The molecule has 0 fully saturated rings. The van der Waals surface area contributed by atoms with Gasteiger partial charge in [0.05, 0.1) is 0 Å². The number of rotatable bonds is 4. The first kappa shape index (κ1) is 15.3. The van der Waals surface area contributed by atoms with Gasteiger partial charge in [0.15, 0.2) is 11.6 Å². The molecule has 22 heavy (non-hydrogen) atoms. The maximum Gasteiger partial charge on any atom is 0.411 e. The number of aromatic hydroxyl groups is 1. The Morgan fingerprint density at radius 3 is 2.50 bits per heavy atom. The molecule has 0 spiro atoms. The number of carbonyl (C=O) groups is 2. The summed E-state index contributed by atoms with van der Waals surface area (Å²) in [7, 11) is 0. The van der Waals surface area contributed by atoms with E-state index in [2.05, 4.69) is 5.32 Å². The SMILES string of the molecule is O=C(Nc1cc(O)c(F)c(C(=O)O)c1)OCc1ccccc1. The molecule has 0 atom stereocenters. The van der Waals surface area contributed by atoms with Gasteiger partial charge in [-0.1, -0.05) is 30.3 Å². The van der Waals surface area contributed by atoms with Gasteiger partial charge in [0.2, 0.25) is 0 Å². The van der Waals surface area contributed by atoms with Crippen molar-refractivity contribution >= 4 is 17.7 Å². The van der Waals surface area contributed by atoms with E-state index in [9.17, 15) is 19.1 Å². The number of phenols is 1.